The molecule has 1 aliphatic rings. The van der Waals surface area contributed by atoms with Crippen LogP contribution in [0, 0.1) is 0 Å². The second-order valence-electron chi connectivity index (χ2n) is 5.11. The van der Waals surface area contributed by atoms with E-state index in [1.165, 1.54) is 30.4 Å². The average Bonchev–Trinajstić information content (AvgIpc) is 2.36. The van der Waals surface area contributed by atoms with Crippen molar-refractivity contribution in [2.45, 2.75) is 44.6 Å². The normalized spacial score (nSPS) is 20.9. The molecule has 94 valence electrons. The number of benzene rings is 1. The van der Waals surface area contributed by atoms with Gasteiger partial charge in [0.05, 0.1) is 0 Å². The first kappa shape index (κ1) is 12.6. The molecule has 2 N–H and O–H groups in total. The highest BCUT2D eigenvalue weighted by molar-refractivity contribution is 5.32. The van der Waals surface area contributed by atoms with E-state index in [0.717, 1.165) is 13.0 Å². The van der Waals surface area contributed by atoms with Crippen LogP contribution in [0.3, 0.4) is 0 Å². The van der Waals surface area contributed by atoms with Gasteiger partial charge < -0.3 is 10.4 Å². The van der Waals surface area contributed by atoms with Gasteiger partial charge in [0.1, 0.15) is 0 Å². The summed E-state index contributed by atoms with van der Waals surface area (Å²) in [5, 5.41) is 12.4. The van der Waals surface area contributed by atoms with Gasteiger partial charge in [-0.1, -0.05) is 24.3 Å². The van der Waals surface area contributed by atoms with Crippen molar-refractivity contribution in [1.82, 2.24) is 5.32 Å². The van der Waals surface area contributed by atoms with Gasteiger partial charge in [0.2, 0.25) is 0 Å². The minimum atomic E-state index is 0.273. The van der Waals surface area contributed by atoms with Gasteiger partial charge in [0.15, 0.2) is 0 Å². The van der Waals surface area contributed by atoms with Gasteiger partial charge in [0.25, 0.3) is 0 Å². The van der Waals surface area contributed by atoms with Crippen molar-refractivity contribution in [2.24, 2.45) is 0 Å². The van der Waals surface area contributed by atoms with Gasteiger partial charge in [-0.15, -0.1) is 0 Å². The molecule has 2 rings (SSSR count). The molecule has 0 bridgehead atoms. The second kappa shape index (κ2) is 6.18. The minimum absolute atomic E-state index is 0.273. The van der Waals surface area contributed by atoms with Gasteiger partial charge in [0, 0.05) is 19.2 Å². The zero-order valence-electron chi connectivity index (χ0n) is 10.7. The number of aliphatic hydroxyl groups excluding tert-OH is 1. The fourth-order valence-corrected chi connectivity index (χ4v) is 2.71. The van der Waals surface area contributed by atoms with Crippen LogP contribution >= 0.6 is 0 Å². The van der Waals surface area contributed by atoms with Crippen LogP contribution in [0.4, 0.5) is 0 Å². The number of hydrogen-bond acceptors (Lipinski definition) is 2. The largest absolute Gasteiger partial charge is 0.396 e. The maximum absolute atomic E-state index is 8.89. The molecule has 1 aliphatic carbocycles. The molecule has 0 heterocycles. The molecule has 2 heteroatoms. The van der Waals surface area contributed by atoms with Crippen LogP contribution in [0.5, 0.6) is 0 Å². The lowest BCUT2D eigenvalue weighted by molar-refractivity contribution is 0.267. The molecule has 0 spiro atoms. The smallest absolute Gasteiger partial charge is 0.0445 e. The first-order valence-corrected chi connectivity index (χ1v) is 6.73. The van der Waals surface area contributed by atoms with Crippen molar-refractivity contribution in [3.8, 4) is 0 Å². The van der Waals surface area contributed by atoms with E-state index in [-0.39, 0.29) is 6.61 Å². The Bertz CT molecular complexity index is 351. The number of fused-ring (bicyclic) bond motifs is 1. The first-order chi connectivity index (χ1) is 8.31. The fourth-order valence-electron chi connectivity index (χ4n) is 2.71. The topological polar surface area (TPSA) is 32.3 Å². The zero-order chi connectivity index (χ0) is 12.1. The molecule has 1 aromatic rings. The van der Waals surface area contributed by atoms with Crippen molar-refractivity contribution in [3.63, 3.8) is 0 Å². The van der Waals surface area contributed by atoms with E-state index in [4.69, 9.17) is 5.11 Å². The maximum Gasteiger partial charge on any atom is 0.0445 e. The summed E-state index contributed by atoms with van der Waals surface area (Å²) >= 11 is 0. The van der Waals surface area contributed by atoms with Gasteiger partial charge in [-0.25, -0.2) is 0 Å². The molecule has 0 amide bonds. The Morgan fingerprint density at radius 1 is 1.41 bits per heavy atom. The summed E-state index contributed by atoms with van der Waals surface area (Å²) in [6, 6.07) is 9.24. The molecule has 2 atom stereocenters. The monoisotopic (exact) mass is 233 g/mol. The van der Waals surface area contributed by atoms with Crippen molar-refractivity contribution in [2.75, 3.05) is 13.2 Å². The third kappa shape index (κ3) is 3.30. The maximum atomic E-state index is 8.89. The number of hydrogen-bond donors (Lipinski definition) is 2. The lowest BCUT2D eigenvalue weighted by Crippen LogP contribution is -2.32. The third-order valence-corrected chi connectivity index (χ3v) is 3.77. The van der Waals surface area contributed by atoms with Crippen LogP contribution in [-0.4, -0.2) is 24.3 Å². The Kier molecular flexibility index (Phi) is 4.57. The van der Waals surface area contributed by atoms with Crippen LogP contribution in [0.25, 0.3) is 0 Å². The van der Waals surface area contributed by atoms with Crippen molar-refractivity contribution >= 4 is 0 Å². The quantitative estimate of drug-likeness (QED) is 0.819. The van der Waals surface area contributed by atoms with E-state index in [0.29, 0.717) is 12.0 Å². The average molecular weight is 233 g/mol. The summed E-state index contributed by atoms with van der Waals surface area (Å²) in [5.74, 6) is 0.654. The Morgan fingerprint density at radius 3 is 3.06 bits per heavy atom. The molecule has 2 nitrogen and oxygen atoms in total. The molecule has 0 fully saturated rings. The fraction of sp³-hybridized carbons (Fsp3) is 0.600. The highest BCUT2D eigenvalue weighted by Crippen LogP contribution is 2.30. The summed E-state index contributed by atoms with van der Waals surface area (Å²) < 4.78 is 0. The summed E-state index contributed by atoms with van der Waals surface area (Å²) in [4.78, 5) is 0. The zero-order valence-corrected chi connectivity index (χ0v) is 10.7. The number of aliphatic hydroxyl groups is 1. The lowest BCUT2D eigenvalue weighted by Gasteiger charge is -2.27. The van der Waals surface area contributed by atoms with E-state index in [9.17, 15) is 0 Å². The number of nitrogens with one attached hydrogen (secondary N) is 1. The Hall–Kier alpha value is -0.860. The highest BCUT2D eigenvalue weighted by atomic mass is 16.3. The van der Waals surface area contributed by atoms with Crippen molar-refractivity contribution in [3.05, 3.63) is 35.4 Å². The second-order valence-corrected chi connectivity index (χ2v) is 5.11. The van der Waals surface area contributed by atoms with E-state index in [1.54, 1.807) is 0 Å². The van der Waals surface area contributed by atoms with Crippen LogP contribution in [0.15, 0.2) is 24.3 Å². The van der Waals surface area contributed by atoms with E-state index < -0.39 is 0 Å². The van der Waals surface area contributed by atoms with Gasteiger partial charge in [-0.3, -0.25) is 0 Å². The van der Waals surface area contributed by atoms with Gasteiger partial charge >= 0.3 is 0 Å². The highest BCUT2D eigenvalue weighted by Gasteiger charge is 2.19. The lowest BCUT2D eigenvalue weighted by atomic mass is 9.83. The Balaban J connectivity index is 1.94. The molecular weight excluding hydrogens is 210 g/mol. The molecule has 0 radical (unpaired) electrons. The van der Waals surface area contributed by atoms with Gasteiger partial charge in [-0.05, 0) is 49.7 Å². The molecular formula is C15H23NO. The molecule has 17 heavy (non-hydrogen) atoms. The predicted molar refractivity (Wildman–Crippen MR) is 71.3 cm³/mol. The molecule has 0 aliphatic heterocycles. The summed E-state index contributed by atoms with van der Waals surface area (Å²) in [5.41, 5.74) is 3.06. The van der Waals surface area contributed by atoms with E-state index in [1.807, 2.05) is 0 Å². The van der Waals surface area contributed by atoms with Gasteiger partial charge in [-0.2, -0.15) is 0 Å². The van der Waals surface area contributed by atoms with E-state index >= 15 is 0 Å². The number of aryl methyl sites for hydroxylation is 1. The minimum Gasteiger partial charge on any atom is -0.396 e. The third-order valence-electron chi connectivity index (χ3n) is 3.77. The van der Waals surface area contributed by atoms with Crippen LogP contribution in [0.2, 0.25) is 0 Å². The van der Waals surface area contributed by atoms with Crippen molar-refractivity contribution < 1.29 is 5.11 Å². The predicted octanol–water partition coefficient (Wildman–Crippen LogP) is 2.47. The Labute approximate surface area is 104 Å². The summed E-state index contributed by atoms with van der Waals surface area (Å²) in [6.07, 6.45) is 4.67. The van der Waals surface area contributed by atoms with Crippen LogP contribution in [0.1, 0.15) is 43.2 Å². The van der Waals surface area contributed by atoms with Crippen LogP contribution in [-0.2, 0) is 6.42 Å². The molecule has 1 aromatic carbocycles. The van der Waals surface area contributed by atoms with E-state index in [2.05, 4.69) is 36.5 Å². The van der Waals surface area contributed by atoms with Crippen molar-refractivity contribution in [1.29, 1.82) is 0 Å². The summed E-state index contributed by atoms with van der Waals surface area (Å²) in [6.45, 7) is 3.46. The molecule has 0 aromatic heterocycles. The first-order valence-electron chi connectivity index (χ1n) is 6.73. The molecule has 0 saturated carbocycles. The molecule has 2 unspecified atom stereocenters. The standard InChI is InChI=1S/C15H23NO/c1-12(9-10-17)16-11-14-7-4-6-13-5-2-3-8-15(13)14/h2-3,5,8,12,14,16-17H,4,6-7,9-11H2,1H3. The Morgan fingerprint density at radius 2 is 2.24 bits per heavy atom. The van der Waals surface area contributed by atoms with Crippen LogP contribution < -0.4 is 5.32 Å². The number of rotatable bonds is 5. The SMILES string of the molecule is CC(CCO)NCC1CCCc2ccccc21. The molecule has 0 saturated heterocycles. The summed E-state index contributed by atoms with van der Waals surface area (Å²) in [7, 11) is 0.